The second-order valence-corrected chi connectivity index (χ2v) is 6.62. The van der Waals surface area contributed by atoms with Crippen LogP contribution in [0.15, 0.2) is 48.5 Å². The highest BCUT2D eigenvalue weighted by molar-refractivity contribution is 7.15. The van der Waals surface area contributed by atoms with Gasteiger partial charge in [0.15, 0.2) is 5.01 Å². The summed E-state index contributed by atoms with van der Waals surface area (Å²) in [6.07, 6.45) is 0. The molecule has 7 nitrogen and oxygen atoms in total. The predicted molar refractivity (Wildman–Crippen MR) is 103 cm³/mol. The van der Waals surface area contributed by atoms with Gasteiger partial charge < -0.3 is 10.1 Å². The smallest absolute Gasteiger partial charge is 0.271 e. The molecule has 0 fully saturated rings. The van der Waals surface area contributed by atoms with Crippen LogP contribution in [0.3, 0.4) is 0 Å². The molecule has 2 aromatic carbocycles. The molecule has 3 N–H and O–H groups in total. The number of benzene rings is 2. The van der Waals surface area contributed by atoms with Gasteiger partial charge in [-0.3, -0.25) is 15.6 Å². The maximum absolute atomic E-state index is 12.3. The lowest BCUT2D eigenvalue weighted by molar-refractivity contribution is 0.0963. The summed E-state index contributed by atoms with van der Waals surface area (Å²) >= 11 is 7.12. The van der Waals surface area contributed by atoms with Gasteiger partial charge in [-0.1, -0.05) is 35.1 Å². The quantitative estimate of drug-likeness (QED) is 0.535. The van der Waals surface area contributed by atoms with Crippen LogP contribution in [-0.4, -0.2) is 23.2 Å². The molecule has 1 heterocycles. The number of nitrogens with one attached hydrogen (secondary N) is 3. The lowest BCUT2D eigenvalue weighted by atomic mass is 10.1. The van der Waals surface area contributed by atoms with Crippen molar-refractivity contribution in [2.45, 2.75) is 6.61 Å². The van der Waals surface area contributed by atoms with Gasteiger partial charge in [0.25, 0.3) is 5.91 Å². The minimum atomic E-state index is -0.274. The summed E-state index contributed by atoms with van der Waals surface area (Å²) in [5.74, 6) is 0.417. The number of hydrazine groups is 1. The molecule has 0 aliphatic heterocycles. The number of hydrogen-bond donors (Lipinski definition) is 3. The summed E-state index contributed by atoms with van der Waals surface area (Å²) in [6, 6.07) is 14.3. The molecule has 0 bridgehead atoms. The van der Waals surface area contributed by atoms with Gasteiger partial charge in [0.1, 0.15) is 12.4 Å². The van der Waals surface area contributed by atoms with E-state index in [4.69, 9.17) is 16.3 Å². The van der Waals surface area contributed by atoms with E-state index in [0.29, 0.717) is 26.5 Å². The Bertz CT molecular complexity index is 885. The number of nitrogens with zero attached hydrogens (tertiary/aromatic N) is 2. The molecule has 26 heavy (non-hydrogen) atoms. The van der Waals surface area contributed by atoms with Crippen molar-refractivity contribution in [1.29, 1.82) is 0 Å². The summed E-state index contributed by atoms with van der Waals surface area (Å²) in [4.78, 5) is 12.3. The van der Waals surface area contributed by atoms with Gasteiger partial charge in [-0.15, -0.1) is 10.2 Å². The Morgan fingerprint density at radius 1 is 1.15 bits per heavy atom. The van der Waals surface area contributed by atoms with Crippen molar-refractivity contribution in [3.63, 3.8) is 0 Å². The van der Waals surface area contributed by atoms with E-state index >= 15 is 0 Å². The Labute approximate surface area is 159 Å². The van der Waals surface area contributed by atoms with Crippen LogP contribution in [-0.2, 0) is 6.61 Å². The first-order valence-electron chi connectivity index (χ1n) is 7.69. The van der Waals surface area contributed by atoms with E-state index in [1.807, 2.05) is 12.1 Å². The molecule has 1 amide bonds. The molecule has 0 spiro atoms. The molecule has 0 aliphatic rings. The fraction of sp³-hybridized carbons (Fsp3) is 0.118. The molecule has 0 saturated carbocycles. The molecule has 0 saturated heterocycles. The zero-order chi connectivity index (χ0) is 18.4. The maximum Gasteiger partial charge on any atom is 0.271 e. The standard InChI is InChI=1S/C17H16ClN5O2S/c1-19-14-5-3-2-4-13(14)16(24)21-23-17-22-20-15(26-17)10-25-12-8-6-11(18)7-9-12/h2-9,19H,10H2,1H3,(H,21,24)(H,22,23). The third-order valence-corrected chi connectivity index (χ3v) is 4.43. The average Bonchev–Trinajstić information content (AvgIpc) is 3.13. The second-order valence-electron chi connectivity index (χ2n) is 5.12. The Kier molecular flexibility index (Phi) is 5.88. The molecular formula is C17H16ClN5O2S. The molecule has 3 rings (SSSR count). The van der Waals surface area contributed by atoms with E-state index < -0.39 is 0 Å². The molecule has 3 aromatic rings. The van der Waals surface area contributed by atoms with Crippen LogP contribution in [0.5, 0.6) is 5.75 Å². The third-order valence-electron chi connectivity index (χ3n) is 3.37. The highest BCUT2D eigenvalue weighted by Crippen LogP contribution is 2.20. The van der Waals surface area contributed by atoms with Gasteiger partial charge in [0.2, 0.25) is 5.13 Å². The van der Waals surface area contributed by atoms with Crippen molar-refractivity contribution in [3.8, 4) is 5.75 Å². The summed E-state index contributed by atoms with van der Waals surface area (Å²) < 4.78 is 5.61. The zero-order valence-corrected chi connectivity index (χ0v) is 15.4. The first-order chi connectivity index (χ1) is 12.7. The van der Waals surface area contributed by atoms with Gasteiger partial charge in [-0.25, -0.2) is 0 Å². The number of amides is 1. The predicted octanol–water partition coefficient (Wildman–Crippen LogP) is 3.57. The average molecular weight is 390 g/mol. The van der Waals surface area contributed by atoms with E-state index in [-0.39, 0.29) is 12.5 Å². The summed E-state index contributed by atoms with van der Waals surface area (Å²) in [6.45, 7) is 0.275. The van der Waals surface area contributed by atoms with Gasteiger partial charge in [0, 0.05) is 17.8 Å². The van der Waals surface area contributed by atoms with E-state index in [1.54, 1.807) is 43.4 Å². The molecular weight excluding hydrogens is 374 g/mol. The highest BCUT2D eigenvalue weighted by atomic mass is 35.5. The Hall–Kier alpha value is -2.84. The number of para-hydroxylation sites is 1. The SMILES string of the molecule is CNc1ccccc1C(=O)NNc1nnc(COc2ccc(Cl)cc2)s1. The lowest BCUT2D eigenvalue weighted by Crippen LogP contribution is -2.29. The van der Waals surface area contributed by atoms with Crippen molar-refractivity contribution in [2.24, 2.45) is 0 Å². The van der Waals surface area contributed by atoms with Crippen LogP contribution in [0.2, 0.25) is 5.02 Å². The third kappa shape index (κ3) is 4.62. The lowest BCUT2D eigenvalue weighted by Gasteiger charge is -2.09. The molecule has 1 aromatic heterocycles. The van der Waals surface area contributed by atoms with E-state index in [9.17, 15) is 4.79 Å². The van der Waals surface area contributed by atoms with Gasteiger partial charge in [-0.05, 0) is 36.4 Å². The molecule has 0 unspecified atom stereocenters. The molecule has 0 aliphatic carbocycles. The number of ether oxygens (including phenoxy) is 1. The van der Waals surface area contributed by atoms with Gasteiger partial charge in [0.05, 0.1) is 5.56 Å². The Morgan fingerprint density at radius 3 is 2.69 bits per heavy atom. The van der Waals surface area contributed by atoms with Gasteiger partial charge in [-0.2, -0.15) is 0 Å². The maximum atomic E-state index is 12.3. The summed E-state index contributed by atoms with van der Waals surface area (Å²) in [7, 11) is 1.76. The number of carbonyl (C=O) groups is 1. The minimum absolute atomic E-state index is 0.274. The van der Waals surface area contributed by atoms with Gasteiger partial charge >= 0.3 is 0 Å². The number of carbonyl (C=O) groups excluding carboxylic acids is 1. The van der Waals surface area contributed by atoms with Crippen molar-refractivity contribution in [1.82, 2.24) is 15.6 Å². The van der Waals surface area contributed by atoms with Crippen molar-refractivity contribution in [2.75, 3.05) is 17.8 Å². The van der Waals surface area contributed by atoms with Crippen molar-refractivity contribution >= 4 is 39.7 Å². The fourth-order valence-electron chi connectivity index (χ4n) is 2.12. The largest absolute Gasteiger partial charge is 0.486 e. The number of anilines is 2. The van der Waals surface area contributed by atoms with E-state index in [1.165, 1.54) is 11.3 Å². The first-order valence-corrected chi connectivity index (χ1v) is 8.89. The normalized spacial score (nSPS) is 10.2. The highest BCUT2D eigenvalue weighted by Gasteiger charge is 2.11. The number of aromatic nitrogens is 2. The fourth-order valence-corrected chi connectivity index (χ4v) is 2.85. The monoisotopic (exact) mass is 389 g/mol. The van der Waals surface area contributed by atoms with Crippen LogP contribution in [0.25, 0.3) is 0 Å². The second kappa shape index (κ2) is 8.50. The summed E-state index contributed by atoms with van der Waals surface area (Å²) in [5.41, 5.74) is 6.64. The van der Waals surface area contributed by atoms with Crippen LogP contribution in [0.1, 0.15) is 15.4 Å². The van der Waals surface area contributed by atoms with Crippen LogP contribution >= 0.6 is 22.9 Å². The van der Waals surface area contributed by atoms with Crippen LogP contribution < -0.4 is 20.9 Å². The number of halogens is 1. The Balaban J connectivity index is 1.53. The van der Waals surface area contributed by atoms with Crippen LogP contribution in [0.4, 0.5) is 10.8 Å². The molecule has 9 heteroatoms. The van der Waals surface area contributed by atoms with Crippen LogP contribution in [0, 0.1) is 0 Å². The first kappa shape index (κ1) is 18.0. The van der Waals surface area contributed by atoms with Crippen molar-refractivity contribution in [3.05, 3.63) is 64.1 Å². The van der Waals surface area contributed by atoms with Crippen molar-refractivity contribution < 1.29 is 9.53 Å². The molecule has 0 atom stereocenters. The topological polar surface area (TPSA) is 88.2 Å². The Morgan fingerprint density at radius 2 is 1.92 bits per heavy atom. The zero-order valence-electron chi connectivity index (χ0n) is 13.8. The van der Waals surface area contributed by atoms with E-state index in [0.717, 1.165) is 5.69 Å². The molecule has 134 valence electrons. The van der Waals surface area contributed by atoms with E-state index in [2.05, 4.69) is 26.4 Å². The molecule has 0 radical (unpaired) electrons. The summed E-state index contributed by atoms with van der Waals surface area (Å²) in [5, 5.41) is 12.8. The number of rotatable bonds is 7. The minimum Gasteiger partial charge on any atom is -0.486 e. The number of hydrogen-bond acceptors (Lipinski definition) is 7.